The molecule has 1 saturated heterocycles. The van der Waals surface area contributed by atoms with Crippen molar-refractivity contribution in [1.82, 2.24) is 5.06 Å². The van der Waals surface area contributed by atoms with Crippen molar-refractivity contribution in [3.05, 3.63) is 41.2 Å². The summed E-state index contributed by atoms with van der Waals surface area (Å²) < 4.78 is 12.8. The number of nitrogens with zero attached hydrogens (tertiary/aromatic N) is 2. The molecule has 0 unspecified atom stereocenters. The Labute approximate surface area is 119 Å². The highest BCUT2D eigenvalue weighted by Crippen LogP contribution is 2.15. The summed E-state index contributed by atoms with van der Waals surface area (Å²) in [5.74, 6) is -2.84. The van der Waals surface area contributed by atoms with Crippen molar-refractivity contribution in [2.24, 2.45) is 0 Å². The van der Waals surface area contributed by atoms with Crippen molar-refractivity contribution >= 4 is 23.9 Å². The van der Waals surface area contributed by atoms with E-state index in [0.29, 0.717) is 10.6 Å². The molecule has 0 spiro atoms. The molecular weight excluding hydrogens is 279 g/mol. The molecule has 1 aromatic carbocycles. The van der Waals surface area contributed by atoms with Crippen molar-refractivity contribution < 1.29 is 23.6 Å². The molecule has 0 aliphatic carbocycles. The number of benzene rings is 1. The van der Waals surface area contributed by atoms with Crippen LogP contribution in [0.25, 0.3) is 6.08 Å². The van der Waals surface area contributed by atoms with Crippen LogP contribution < -0.4 is 0 Å². The quantitative estimate of drug-likeness (QED) is 0.476. The maximum absolute atomic E-state index is 12.8. The van der Waals surface area contributed by atoms with E-state index in [2.05, 4.69) is 4.84 Å². The molecule has 2 amide bonds. The molecule has 0 saturated carbocycles. The van der Waals surface area contributed by atoms with Gasteiger partial charge >= 0.3 is 5.97 Å². The summed E-state index contributed by atoms with van der Waals surface area (Å²) in [5, 5.41) is 9.30. The van der Waals surface area contributed by atoms with Crippen molar-refractivity contribution in [3.8, 4) is 6.07 Å². The molecule has 6 nitrogen and oxygen atoms in total. The van der Waals surface area contributed by atoms with E-state index >= 15 is 0 Å². The number of nitriles is 1. The Bertz CT molecular complexity index is 657. The summed E-state index contributed by atoms with van der Waals surface area (Å²) in [6.07, 6.45) is 1.11. The average molecular weight is 288 g/mol. The molecule has 21 heavy (non-hydrogen) atoms. The zero-order valence-electron chi connectivity index (χ0n) is 10.7. The van der Waals surface area contributed by atoms with Gasteiger partial charge in [-0.15, -0.1) is 5.06 Å². The van der Waals surface area contributed by atoms with E-state index < -0.39 is 29.2 Å². The second-order valence-corrected chi connectivity index (χ2v) is 4.18. The standard InChI is InChI=1S/C14H9FN2O4/c15-11-3-1-9(2-4-11)7-10(8-16)14(20)21-17-12(18)5-6-13(17)19/h1-4,7H,5-6H2. The number of amides is 2. The third-order valence-corrected chi connectivity index (χ3v) is 2.70. The first-order chi connectivity index (χ1) is 10.0. The normalized spacial score (nSPS) is 15.0. The molecule has 7 heteroatoms. The van der Waals surface area contributed by atoms with Crippen molar-refractivity contribution in [1.29, 1.82) is 5.26 Å². The minimum Gasteiger partial charge on any atom is -0.324 e. The van der Waals surface area contributed by atoms with Gasteiger partial charge in [0, 0.05) is 12.8 Å². The fourth-order valence-electron chi connectivity index (χ4n) is 1.65. The minimum atomic E-state index is -1.12. The number of hydroxylamine groups is 2. The van der Waals surface area contributed by atoms with E-state index in [9.17, 15) is 18.8 Å². The summed E-state index contributed by atoms with van der Waals surface area (Å²) in [4.78, 5) is 39.0. The van der Waals surface area contributed by atoms with E-state index in [-0.39, 0.29) is 12.8 Å². The van der Waals surface area contributed by atoms with Crippen LogP contribution in [0.2, 0.25) is 0 Å². The van der Waals surface area contributed by atoms with E-state index in [4.69, 9.17) is 5.26 Å². The number of imide groups is 1. The van der Waals surface area contributed by atoms with Crippen molar-refractivity contribution in [3.63, 3.8) is 0 Å². The molecule has 0 atom stereocenters. The Kier molecular flexibility index (Phi) is 4.09. The smallest absolute Gasteiger partial charge is 0.324 e. The largest absolute Gasteiger partial charge is 0.374 e. The highest BCUT2D eigenvalue weighted by molar-refractivity contribution is 6.04. The van der Waals surface area contributed by atoms with Gasteiger partial charge in [0.2, 0.25) is 0 Å². The number of halogens is 1. The molecule has 0 bridgehead atoms. The van der Waals surface area contributed by atoms with Crippen LogP contribution in [0.4, 0.5) is 4.39 Å². The number of hydrogen-bond acceptors (Lipinski definition) is 5. The van der Waals surface area contributed by atoms with Crippen LogP contribution in [-0.4, -0.2) is 22.8 Å². The summed E-state index contributed by atoms with van der Waals surface area (Å²) in [6, 6.07) is 6.68. The highest BCUT2D eigenvalue weighted by Gasteiger charge is 2.33. The van der Waals surface area contributed by atoms with Gasteiger partial charge in [0.05, 0.1) is 0 Å². The van der Waals surface area contributed by atoms with Crippen LogP contribution >= 0.6 is 0 Å². The first-order valence-electron chi connectivity index (χ1n) is 5.96. The zero-order chi connectivity index (χ0) is 15.4. The summed E-state index contributed by atoms with van der Waals surface area (Å²) in [7, 11) is 0. The SMILES string of the molecule is N#CC(=Cc1ccc(F)cc1)C(=O)ON1C(=O)CCC1=O. The molecular formula is C14H9FN2O4. The molecule has 1 heterocycles. The lowest BCUT2D eigenvalue weighted by atomic mass is 10.1. The monoisotopic (exact) mass is 288 g/mol. The van der Waals surface area contributed by atoms with E-state index in [1.165, 1.54) is 30.3 Å². The zero-order valence-corrected chi connectivity index (χ0v) is 10.7. The molecule has 0 radical (unpaired) electrons. The number of carbonyl (C=O) groups excluding carboxylic acids is 3. The second-order valence-electron chi connectivity index (χ2n) is 4.18. The van der Waals surface area contributed by atoms with Gasteiger partial charge < -0.3 is 4.84 Å². The van der Waals surface area contributed by atoms with Crippen LogP contribution in [0.5, 0.6) is 0 Å². The predicted molar refractivity (Wildman–Crippen MR) is 67.2 cm³/mol. The minimum absolute atomic E-state index is 0.0321. The molecule has 1 aliphatic heterocycles. The van der Waals surface area contributed by atoms with Crippen LogP contribution in [0, 0.1) is 17.1 Å². The highest BCUT2D eigenvalue weighted by atomic mass is 19.1. The molecule has 1 aliphatic rings. The maximum atomic E-state index is 12.8. The van der Waals surface area contributed by atoms with Gasteiger partial charge in [0.15, 0.2) is 0 Å². The fourth-order valence-corrected chi connectivity index (χ4v) is 1.65. The van der Waals surface area contributed by atoms with Crippen LogP contribution in [0.3, 0.4) is 0 Å². The van der Waals surface area contributed by atoms with E-state index in [1.807, 2.05) is 0 Å². The first-order valence-corrected chi connectivity index (χ1v) is 5.96. The Balaban J connectivity index is 2.15. The summed E-state index contributed by atoms with van der Waals surface area (Å²) in [6.45, 7) is 0. The van der Waals surface area contributed by atoms with Crippen LogP contribution in [0.1, 0.15) is 18.4 Å². The summed E-state index contributed by atoms with van der Waals surface area (Å²) in [5.41, 5.74) is -0.00177. The van der Waals surface area contributed by atoms with Crippen molar-refractivity contribution in [2.75, 3.05) is 0 Å². The molecule has 106 valence electrons. The van der Waals surface area contributed by atoms with E-state index in [1.54, 1.807) is 6.07 Å². The molecule has 0 aromatic heterocycles. The van der Waals surface area contributed by atoms with Gasteiger partial charge in [0.1, 0.15) is 17.5 Å². The number of hydrogen-bond donors (Lipinski definition) is 0. The lowest BCUT2D eigenvalue weighted by molar-refractivity contribution is -0.194. The second kappa shape index (κ2) is 5.96. The molecule has 1 aromatic rings. The van der Waals surface area contributed by atoms with Gasteiger partial charge in [0.25, 0.3) is 11.8 Å². The Morgan fingerprint density at radius 2 is 1.81 bits per heavy atom. The van der Waals surface area contributed by atoms with Gasteiger partial charge in [-0.3, -0.25) is 9.59 Å². The van der Waals surface area contributed by atoms with Crippen molar-refractivity contribution in [2.45, 2.75) is 12.8 Å². The molecule has 0 N–H and O–H groups in total. The van der Waals surface area contributed by atoms with Gasteiger partial charge in [-0.05, 0) is 23.8 Å². The molecule has 2 rings (SSSR count). The van der Waals surface area contributed by atoms with Gasteiger partial charge in [-0.25, -0.2) is 9.18 Å². The lowest BCUT2D eigenvalue weighted by Gasteiger charge is -2.11. The van der Waals surface area contributed by atoms with Crippen LogP contribution in [-0.2, 0) is 19.2 Å². The number of carbonyl (C=O) groups is 3. The third kappa shape index (κ3) is 3.30. The average Bonchev–Trinajstić information content (AvgIpc) is 2.78. The topological polar surface area (TPSA) is 87.5 Å². The predicted octanol–water partition coefficient (Wildman–Crippen LogP) is 1.34. The number of rotatable bonds is 3. The Hall–Kier alpha value is -3.01. The third-order valence-electron chi connectivity index (χ3n) is 2.70. The molecule has 1 fully saturated rings. The lowest BCUT2D eigenvalue weighted by Crippen LogP contribution is -2.32. The van der Waals surface area contributed by atoms with Gasteiger partial charge in [-0.1, -0.05) is 12.1 Å². The summed E-state index contributed by atoms with van der Waals surface area (Å²) >= 11 is 0. The van der Waals surface area contributed by atoms with Gasteiger partial charge in [-0.2, -0.15) is 5.26 Å². The Morgan fingerprint density at radius 3 is 2.33 bits per heavy atom. The van der Waals surface area contributed by atoms with Crippen LogP contribution in [0.15, 0.2) is 29.8 Å². The maximum Gasteiger partial charge on any atom is 0.374 e. The first kappa shape index (κ1) is 14.4. The Morgan fingerprint density at radius 1 is 1.24 bits per heavy atom. The fraction of sp³-hybridized carbons (Fsp3) is 0.143. The van der Waals surface area contributed by atoms with E-state index in [0.717, 1.165) is 0 Å².